The van der Waals surface area contributed by atoms with E-state index in [9.17, 15) is 15.0 Å². The number of nitrogens with zero attached hydrogens (tertiary/aromatic N) is 1. The van der Waals surface area contributed by atoms with E-state index in [2.05, 4.69) is 4.98 Å². The van der Waals surface area contributed by atoms with Crippen LogP contribution in [-0.2, 0) is 4.79 Å². The van der Waals surface area contributed by atoms with E-state index in [1.165, 1.54) is 6.92 Å². The van der Waals surface area contributed by atoms with E-state index in [1.54, 1.807) is 18.2 Å². The van der Waals surface area contributed by atoms with Gasteiger partial charge in [-0.2, -0.15) is 0 Å². The molecular weight excluding hydrogens is 228 g/mol. The second-order valence-electron chi connectivity index (χ2n) is 3.30. The van der Waals surface area contributed by atoms with Gasteiger partial charge < -0.3 is 15.9 Å². The highest BCUT2D eigenvalue weighted by Crippen LogP contribution is 2.19. The summed E-state index contributed by atoms with van der Waals surface area (Å²) in [6.45, 7) is 1.41. The molecule has 88 valence electrons. The lowest BCUT2D eigenvalue weighted by Crippen LogP contribution is -2.22. The van der Waals surface area contributed by atoms with Crippen molar-refractivity contribution in [1.29, 1.82) is 0 Å². The minimum absolute atomic E-state index is 0.105. The van der Waals surface area contributed by atoms with Gasteiger partial charge in [0.2, 0.25) is 0 Å². The zero-order valence-corrected chi connectivity index (χ0v) is 9.65. The smallest absolute Gasteiger partial charge is 0.185 e. The number of nitrogens with two attached hydrogens (primary N) is 1. The third-order valence-corrected chi connectivity index (χ3v) is 2.83. The molecule has 6 heteroatoms. The molecule has 4 N–H and O–H groups in total. The maximum Gasteiger partial charge on any atom is 0.185 e. The lowest BCUT2D eigenvalue weighted by Gasteiger charge is -2.16. The van der Waals surface area contributed by atoms with Crippen LogP contribution in [0.15, 0.2) is 18.2 Å². The van der Waals surface area contributed by atoms with Crippen molar-refractivity contribution in [2.45, 2.75) is 19.1 Å². The maximum absolute atomic E-state index is 10.7. The summed E-state index contributed by atoms with van der Waals surface area (Å²) >= 11 is 0.959. The molecule has 0 aliphatic carbocycles. The quantitative estimate of drug-likeness (QED) is 0.704. The van der Waals surface area contributed by atoms with Crippen molar-refractivity contribution in [3.63, 3.8) is 0 Å². The molecule has 0 bridgehead atoms. The van der Waals surface area contributed by atoms with E-state index >= 15 is 0 Å². The number of aliphatic hydroxyl groups excluding tert-OH is 2. The Morgan fingerprint density at radius 2 is 2.25 bits per heavy atom. The van der Waals surface area contributed by atoms with Crippen molar-refractivity contribution < 1.29 is 15.0 Å². The topological polar surface area (TPSA) is 96.4 Å². The zero-order valence-electron chi connectivity index (χ0n) is 8.83. The Morgan fingerprint density at radius 3 is 2.81 bits per heavy atom. The van der Waals surface area contributed by atoms with Crippen LogP contribution < -0.4 is 5.73 Å². The number of rotatable bonds is 4. The van der Waals surface area contributed by atoms with E-state index in [0.29, 0.717) is 5.69 Å². The number of anilines is 1. The molecule has 1 heterocycles. The highest BCUT2D eigenvalue weighted by atomic mass is 32.2. The molecule has 1 rings (SSSR count). The second-order valence-corrected chi connectivity index (χ2v) is 4.50. The van der Waals surface area contributed by atoms with E-state index in [1.807, 2.05) is 0 Å². The van der Waals surface area contributed by atoms with E-state index in [0.717, 1.165) is 11.8 Å². The molecule has 0 radical (unpaired) electrons. The highest BCUT2D eigenvalue weighted by Gasteiger charge is 2.20. The van der Waals surface area contributed by atoms with Gasteiger partial charge in [-0.3, -0.25) is 4.79 Å². The van der Waals surface area contributed by atoms with Gasteiger partial charge >= 0.3 is 0 Å². The molecule has 0 spiro atoms. The van der Waals surface area contributed by atoms with Gasteiger partial charge in [0, 0.05) is 12.7 Å². The lowest BCUT2D eigenvalue weighted by molar-refractivity contribution is -0.109. The fraction of sp³-hybridized carbons (Fsp3) is 0.400. The Bertz CT molecular complexity index is 373. The number of carbonyl (C=O) groups excluding carboxylic acids is 1. The average Bonchev–Trinajstić information content (AvgIpc) is 2.24. The fourth-order valence-corrected chi connectivity index (χ4v) is 1.71. The highest BCUT2D eigenvalue weighted by molar-refractivity contribution is 8.13. The predicted molar refractivity (Wildman–Crippen MR) is 62.8 cm³/mol. The summed E-state index contributed by atoms with van der Waals surface area (Å²) in [5.41, 5.74) is 5.76. The van der Waals surface area contributed by atoms with Crippen molar-refractivity contribution in [3.05, 3.63) is 23.9 Å². The number of aliphatic hydroxyl groups is 2. The van der Waals surface area contributed by atoms with Gasteiger partial charge in [0.05, 0.1) is 11.8 Å². The van der Waals surface area contributed by atoms with Crippen molar-refractivity contribution in [3.8, 4) is 0 Å². The van der Waals surface area contributed by atoms with Crippen LogP contribution >= 0.6 is 11.8 Å². The summed E-state index contributed by atoms with van der Waals surface area (Å²) in [6.07, 6.45) is -2.17. The van der Waals surface area contributed by atoms with Crippen molar-refractivity contribution in [1.82, 2.24) is 4.98 Å². The normalized spacial score (nSPS) is 14.4. The van der Waals surface area contributed by atoms with E-state index in [4.69, 9.17) is 5.73 Å². The standard InChI is InChI=1S/C10H14N2O3S/c1-6(13)16-5-8(14)10(15)7-3-2-4-9(11)12-7/h2-4,8,10,14-15H,5H2,1H3,(H2,11,12). The van der Waals surface area contributed by atoms with E-state index in [-0.39, 0.29) is 16.7 Å². The number of carbonyl (C=O) groups is 1. The van der Waals surface area contributed by atoms with Gasteiger partial charge in [0.25, 0.3) is 0 Å². The molecule has 2 unspecified atom stereocenters. The van der Waals surface area contributed by atoms with Crippen molar-refractivity contribution in [2.75, 3.05) is 11.5 Å². The molecule has 16 heavy (non-hydrogen) atoms. The Labute approximate surface area is 97.7 Å². The van der Waals surface area contributed by atoms with Gasteiger partial charge in [-0.1, -0.05) is 17.8 Å². The number of nitrogen functional groups attached to an aromatic ring is 1. The van der Waals surface area contributed by atoms with Crippen molar-refractivity contribution in [2.24, 2.45) is 0 Å². The summed E-state index contributed by atoms with van der Waals surface area (Å²) in [4.78, 5) is 14.6. The van der Waals surface area contributed by atoms with Crippen LogP contribution in [0, 0.1) is 0 Å². The van der Waals surface area contributed by atoms with Crippen LogP contribution in [0.1, 0.15) is 18.7 Å². The molecule has 0 fully saturated rings. The SMILES string of the molecule is CC(=O)SCC(O)C(O)c1cccc(N)n1. The van der Waals surface area contributed by atoms with Gasteiger partial charge in [-0.15, -0.1) is 0 Å². The molecule has 0 saturated carbocycles. The number of hydrogen-bond acceptors (Lipinski definition) is 6. The molecule has 1 aromatic heterocycles. The largest absolute Gasteiger partial charge is 0.389 e. The Hall–Kier alpha value is -1.11. The third-order valence-electron chi connectivity index (χ3n) is 1.92. The monoisotopic (exact) mass is 242 g/mol. The van der Waals surface area contributed by atoms with Crippen LogP contribution in [0.3, 0.4) is 0 Å². The number of thioether (sulfide) groups is 1. The molecule has 5 nitrogen and oxygen atoms in total. The molecular formula is C10H14N2O3S. The average molecular weight is 242 g/mol. The van der Waals surface area contributed by atoms with E-state index < -0.39 is 12.2 Å². The summed E-state index contributed by atoms with van der Waals surface area (Å²) in [5.74, 6) is 0.412. The van der Waals surface area contributed by atoms with Crippen LogP contribution in [-0.4, -0.2) is 32.2 Å². The second kappa shape index (κ2) is 5.83. The molecule has 0 aromatic carbocycles. The summed E-state index contributed by atoms with van der Waals surface area (Å²) in [7, 11) is 0. The predicted octanol–water partition coefficient (Wildman–Crippen LogP) is 0.338. The molecule has 1 aromatic rings. The maximum atomic E-state index is 10.7. The van der Waals surface area contributed by atoms with Gasteiger partial charge in [0.15, 0.2) is 5.12 Å². The van der Waals surface area contributed by atoms with Crippen LogP contribution in [0.5, 0.6) is 0 Å². The molecule has 0 saturated heterocycles. The zero-order chi connectivity index (χ0) is 12.1. The molecule has 2 atom stereocenters. The van der Waals surface area contributed by atoms with Crippen LogP contribution in [0.25, 0.3) is 0 Å². The first-order valence-corrected chi connectivity index (χ1v) is 5.71. The Balaban J connectivity index is 2.62. The lowest BCUT2D eigenvalue weighted by atomic mass is 10.1. The Morgan fingerprint density at radius 1 is 1.56 bits per heavy atom. The van der Waals surface area contributed by atoms with Gasteiger partial charge in [0.1, 0.15) is 11.9 Å². The Kier molecular flexibility index (Phi) is 4.72. The molecule has 0 aliphatic rings. The fourth-order valence-electron chi connectivity index (χ4n) is 1.12. The number of aromatic nitrogens is 1. The van der Waals surface area contributed by atoms with Crippen LogP contribution in [0.4, 0.5) is 5.82 Å². The minimum Gasteiger partial charge on any atom is -0.389 e. The summed E-state index contributed by atoms with van der Waals surface area (Å²) in [5, 5.41) is 19.2. The third kappa shape index (κ3) is 3.80. The van der Waals surface area contributed by atoms with Crippen molar-refractivity contribution >= 4 is 22.7 Å². The molecule has 0 amide bonds. The number of pyridine rings is 1. The van der Waals surface area contributed by atoms with Gasteiger partial charge in [-0.05, 0) is 12.1 Å². The first-order chi connectivity index (χ1) is 7.50. The first-order valence-electron chi connectivity index (χ1n) is 4.72. The summed E-state index contributed by atoms with van der Waals surface area (Å²) < 4.78 is 0. The number of hydrogen-bond donors (Lipinski definition) is 3. The minimum atomic E-state index is -1.13. The molecule has 0 aliphatic heterocycles. The summed E-state index contributed by atoms with van der Waals surface area (Å²) in [6, 6.07) is 4.81. The first kappa shape index (κ1) is 13.0. The van der Waals surface area contributed by atoms with Gasteiger partial charge in [-0.25, -0.2) is 4.98 Å². The van der Waals surface area contributed by atoms with Crippen LogP contribution in [0.2, 0.25) is 0 Å².